The average molecular weight is 386 g/mol. The Morgan fingerprint density at radius 2 is 1.81 bits per heavy atom. The maximum absolute atomic E-state index is 12.7. The maximum Gasteiger partial charge on any atom is 0.266 e. The van der Waals surface area contributed by atoms with Crippen LogP contribution in [0.4, 0.5) is 0 Å². The first kappa shape index (κ1) is 18.5. The Kier molecular flexibility index (Phi) is 5.96. The number of ether oxygens (including phenoxy) is 2. The maximum atomic E-state index is 12.7. The molecule has 0 aromatic heterocycles. The summed E-state index contributed by atoms with van der Waals surface area (Å²) in [6.07, 6.45) is 2.61. The SMILES string of the molecule is COc1ccc(/C=C2\SC(=S)N(CCc3ccccc3)C2=O)cc1OC. The smallest absolute Gasteiger partial charge is 0.266 e. The van der Waals surface area contributed by atoms with Gasteiger partial charge in [0.05, 0.1) is 19.1 Å². The molecule has 1 heterocycles. The summed E-state index contributed by atoms with van der Waals surface area (Å²) < 4.78 is 11.2. The summed E-state index contributed by atoms with van der Waals surface area (Å²) >= 11 is 6.73. The van der Waals surface area contributed by atoms with Gasteiger partial charge in [0.2, 0.25) is 0 Å². The Bertz CT molecular complexity index is 849. The molecule has 0 saturated carbocycles. The highest BCUT2D eigenvalue weighted by Gasteiger charge is 2.31. The quantitative estimate of drug-likeness (QED) is 0.552. The summed E-state index contributed by atoms with van der Waals surface area (Å²) in [5.41, 5.74) is 2.05. The molecule has 2 aromatic carbocycles. The van der Waals surface area contributed by atoms with Gasteiger partial charge in [-0.3, -0.25) is 9.69 Å². The zero-order valence-electron chi connectivity index (χ0n) is 14.6. The van der Waals surface area contributed by atoms with Crippen molar-refractivity contribution in [1.29, 1.82) is 0 Å². The highest BCUT2D eigenvalue weighted by molar-refractivity contribution is 8.26. The Labute approximate surface area is 162 Å². The third kappa shape index (κ3) is 4.08. The minimum atomic E-state index is -0.0503. The van der Waals surface area contributed by atoms with Crippen molar-refractivity contribution in [3.05, 3.63) is 64.6 Å². The third-order valence-corrected chi connectivity index (χ3v) is 5.42. The predicted molar refractivity (Wildman–Crippen MR) is 110 cm³/mol. The van der Waals surface area contributed by atoms with Crippen molar-refractivity contribution in [3.63, 3.8) is 0 Å². The largest absolute Gasteiger partial charge is 0.493 e. The van der Waals surface area contributed by atoms with Gasteiger partial charge in [0.1, 0.15) is 4.32 Å². The first-order valence-electron chi connectivity index (χ1n) is 8.13. The topological polar surface area (TPSA) is 38.8 Å². The average Bonchev–Trinajstić information content (AvgIpc) is 2.93. The van der Waals surface area contributed by atoms with Gasteiger partial charge in [-0.1, -0.05) is 60.4 Å². The van der Waals surface area contributed by atoms with E-state index in [1.54, 1.807) is 19.1 Å². The number of carbonyl (C=O) groups is 1. The fourth-order valence-electron chi connectivity index (χ4n) is 2.67. The first-order chi connectivity index (χ1) is 12.6. The van der Waals surface area contributed by atoms with Gasteiger partial charge < -0.3 is 9.47 Å². The van der Waals surface area contributed by atoms with Crippen LogP contribution in [0.5, 0.6) is 11.5 Å². The van der Waals surface area contributed by atoms with Crippen molar-refractivity contribution in [1.82, 2.24) is 4.90 Å². The van der Waals surface area contributed by atoms with Crippen LogP contribution in [0, 0.1) is 0 Å². The lowest BCUT2D eigenvalue weighted by molar-refractivity contribution is -0.122. The first-order valence-corrected chi connectivity index (χ1v) is 9.36. The molecule has 0 N–H and O–H groups in total. The van der Waals surface area contributed by atoms with Crippen LogP contribution in [0.1, 0.15) is 11.1 Å². The van der Waals surface area contributed by atoms with Gasteiger partial charge in [-0.15, -0.1) is 0 Å². The molecular formula is C20H19NO3S2. The third-order valence-electron chi connectivity index (χ3n) is 4.05. The number of rotatable bonds is 6. The molecule has 0 unspecified atom stereocenters. The number of thioether (sulfide) groups is 1. The second kappa shape index (κ2) is 8.38. The second-order valence-corrected chi connectivity index (χ2v) is 7.36. The summed E-state index contributed by atoms with van der Waals surface area (Å²) in [6.45, 7) is 0.581. The van der Waals surface area contributed by atoms with Crippen LogP contribution in [0.25, 0.3) is 6.08 Å². The molecule has 4 nitrogen and oxygen atoms in total. The molecule has 0 aliphatic carbocycles. The Morgan fingerprint density at radius 3 is 2.50 bits per heavy atom. The number of benzene rings is 2. The molecule has 2 aromatic rings. The summed E-state index contributed by atoms with van der Waals surface area (Å²) in [7, 11) is 3.18. The molecule has 0 bridgehead atoms. The second-order valence-electron chi connectivity index (χ2n) is 5.68. The highest BCUT2D eigenvalue weighted by atomic mass is 32.2. The summed E-state index contributed by atoms with van der Waals surface area (Å²) in [6, 6.07) is 15.6. The lowest BCUT2D eigenvalue weighted by atomic mass is 10.1. The summed E-state index contributed by atoms with van der Waals surface area (Å²) in [4.78, 5) is 15.0. The van der Waals surface area contributed by atoms with Crippen LogP contribution in [-0.2, 0) is 11.2 Å². The Balaban J connectivity index is 1.74. The fraction of sp³-hybridized carbons (Fsp3) is 0.200. The molecule has 3 rings (SSSR count). The Hall–Kier alpha value is -2.31. The van der Waals surface area contributed by atoms with Crippen LogP contribution in [0.15, 0.2) is 53.4 Å². The molecule has 1 aliphatic heterocycles. The zero-order chi connectivity index (χ0) is 18.5. The molecule has 26 heavy (non-hydrogen) atoms. The minimum absolute atomic E-state index is 0.0503. The monoisotopic (exact) mass is 385 g/mol. The molecular weight excluding hydrogens is 366 g/mol. The predicted octanol–water partition coefficient (Wildman–Crippen LogP) is 4.15. The van der Waals surface area contributed by atoms with Gasteiger partial charge in [-0.2, -0.15) is 0 Å². The van der Waals surface area contributed by atoms with Gasteiger partial charge in [-0.05, 0) is 35.8 Å². The molecule has 1 amide bonds. The molecule has 134 valence electrons. The van der Waals surface area contributed by atoms with E-state index in [1.807, 2.05) is 42.5 Å². The molecule has 1 saturated heterocycles. The number of methoxy groups -OCH3 is 2. The number of thiocarbonyl (C=S) groups is 1. The lowest BCUT2D eigenvalue weighted by Crippen LogP contribution is -2.30. The van der Waals surface area contributed by atoms with Gasteiger partial charge >= 0.3 is 0 Å². The van der Waals surface area contributed by atoms with Gasteiger partial charge in [-0.25, -0.2) is 0 Å². The van der Waals surface area contributed by atoms with Crippen LogP contribution in [0.2, 0.25) is 0 Å². The van der Waals surface area contributed by atoms with Crippen LogP contribution >= 0.6 is 24.0 Å². The summed E-state index contributed by atoms with van der Waals surface area (Å²) in [5, 5.41) is 0. The Morgan fingerprint density at radius 1 is 1.08 bits per heavy atom. The van der Waals surface area contributed by atoms with Crippen molar-refractivity contribution in [3.8, 4) is 11.5 Å². The minimum Gasteiger partial charge on any atom is -0.493 e. The number of hydrogen-bond acceptors (Lipinski definition) is 5. The van der Waals surface area contributed by atoms with E-state index in [0.717, 1.165) is 12.0 Å². The van der Waals surface area contributed by atoms with Crippen molar-refractivity contribution in [2.24, 2.45) is 0 Å². The number of amides is 1. The molecule has 6 heteroatoms. The molecule has 1 aliphatic rings. The number of nitrogens with zero attached hydrogens (tertiary/aromatic N) is 1. The van der Waals surface area contributed by atoms with E-state index in [2.05, 4.69) is 12.1 Å². The molecule has 0 atom stereocenters. The lowest BCUT2D eigenvalue weighted by Gasteiger charge is -2.14. The van der Waals surface area contributed by atoms with Crippen LogP contribution < -0.4 is 9.47 Å². The normalized spacial score (nSPS) is 15.6. The van der Waals surface area contributed by atoms with E-state index in [1.165, 1.54) is 17.3 Å². The number of carbonyl (C=O) groups excluding carboxylic acids is 1. The molecule has 0 spiro atoms. The van der Waals surface area contributed by atoms with Crippen LogP contribution in [0.3, 0.4) is 0 Å². The van der Waals surface area contributed by atoms with E-state index in [4.69, 9.17) is 21.7 Å². The molecule has 0 radical (unpaired) electrons. The summed E-state index contributed by atoms with van der Waals surface area (Å²) in [5.74, 6) is 1.23. The van der Waals surface area contributed by atoms with Crippen molar-refractivity contribution in [2.45, 2.75) is 6.42 Å². The fourth-order valence-corrected chi connectivity index (χ4v) is 3.98. The van der Waals surface area contributed by atoms with E-state index < -0.39 is 0 Å². The highest BCUT2D eigenvalue weighted by Crippen LogP contribution is 2.34. The number of hydrogen-bond donors (Lipinski definition) is 0. The van der Waals surface area contributed by atoms with Crippen molar-refractivity contribution < 1.29 is 14.3 Å². The van der Waals surface area contributed by atoms with Gasteiger partial charge in [0.15, 0.2) is 11.5 Å². The van der Waals surface area contributed by atoms with Crippen LogP contribution in [-0.4, -0.2) is 35.9 Å². The van der Waals surface area contributed by atoms with Gasteiger partial charge in [0.25, 0.3) is 5.91 Å². The van der Waals surface area contributed by atoms with E-state index in [-0.39, 0.29) is 5.91 Å². The standard InChI is InChI=1S/C20H19NO3S2/c1-23-16-9-8-15(12-17(16)24-2)13-18-19(22)21(20(25)26-18)11-10-14-6-4-3-5-7-14/h3-9,12-13H,10-11H2,1-2H3/b18-13-. The van der Waals surface area contributed by atoms with E-state index in [9.17, 15) is 4.79 Å². The van der Waals surface area contributed by atoms with Gasteiger partial charge in [0, 0.05) is 6.54 Å². The van der Waals surface area contributed by atoms with E-state index >= 15 is 0 Å². The molecule has 1 fully saturated rings. The zero-order valence-corrected chi connectivity index (χ0v) is 16.2. The van der Waals surface area contributed by atoms with Crippen molar-refractivity contribution in [2.75, 3.05) is 20.8 Å². The van der Waals surface area contributed by atoms with Crippen molar-refractivity contribution >= 4 is 40.3 Å². The van der Waals surface area contributed by atoms with E-state index in [0.29, 0.717) is 27.3 Å².